The van der Waals surface area contributed by atoms with Gasteiger partial charge in [-0.2, -0.15) is 0 Å². The highest BCUT2D eigenvalue weighted by Crippen LogP contribution is 2.32. The zero-order chi connectivity index (χ0) is 11.9. The number of nitrogens with one attached hydrogen (secondary N) is 1. The van der Waals surface area contributed by atoms with E-state index in [1.165, 1.54) is 6.42 Å². The van der Waals surface area contributed by atoms with Crippen molar-refractivity contribution in [2.75, 3.05) is 19.7 Å². The lowest BCUT2D eigenvalue weighted by molar-refractivity contribution is -0.150. The second kappa shape index (κ2) is 4.25. The van der Waals surface area contributed by atoms with E-state index < -0.39 is 0 Å². The smallest absolute Gasteiger partial charge is 0.243 e. The zero-order valence-electron chi connectivity index (χ0n) is 10.6. The predicted molar refractivity (Wildman–Crippen MR) is 64.7 cm³/mol. The molecular weight excluding hydrogens is 216 g/mol. The fourth-order valence-electron chi connectivity index (χ4n) is 3.57. The van der Waals surface area contributed by atoms with Gasteiger partial charge in [-0.05, 0) is 45.6 Å². The Morgan fingerprint density at radius 2 is 2.29 bits per heavy atom. The predicted octanol–water partition coefficient (Wildman–Crippen LogP) is 0.908. The first-order valence-corrected chi connectivity index (χ1v) is 6.88. The van der Waals surface area contributed by atoms with Gasteiger partial charge in [0.15, 0.2) is 0 Å². The molecule has 0 aromatic carbocycles. The van der Waals surface area contributed by atoms with Crippen LogP contribution in [0.5, 0.6) is 0 Å². The number of rotatable bonds is 1. The summed E-state index contributed by atoms with van der Waals surface area (Å²) < 4.78 is 5.76. The highest BCUT2D eigenvalue weighted by atomic mass is 16.5. The molecule has 96 valence electrons. The number of hydrogen-bond donors (Lipinski definition) is 1. The molecule has 3 aliphatic rings. The van der Waals surface area contributed by atoms with Crippen molar-refractivity contribution in [3.05, 3.63) is 0 Å². The molecule has 1 N–H and O–H groups in total. The second-order valence-electron chi connectivity index (χ2n) is 5.77. The standard InChI is InChI=1S/C13H22N2O2/c1-13(6-3-7-14-13)12(16)15-8-9-17-11-5-2-4-10(11)15/h10-11,14H,2-9H2,1H3. The maximum absolute atomic E-state index is 12.7. The molecule has 0 radical (unpaired) electrons. The lowest BCUT2D eigenvalue weighted by Crippen LogP contribution is -2.60. The lowest BCUT2D eigenvalue weighted by Gasteiger charge is -2.41. The minimum Gasteiger partial charge on any atom is -0.374 e. The maximum Gasteiger partial charge on any atom is 0.243 e. The molecule has 4 nitrogen and oxygen atoms in total. The molecule has 2 heterocycles. The number of morpholine rings is 1. The van der Waals surface area contributed by atoms with Crippen LogP contribution in [0, 0.1) is 0 Å². The Balaban J connectivity index is 1.76. The molecule has 4 heteroatoms. The van der Waals surface area contributed by atoms with Gasteiger partial charge < -0.3 is 15.0 Å². The summed E-state index contributed by atoms with van der Waals surface area (Å²) in [5.41, 5.74) is -0.315. The van der Waals surface area contributed by atoms with E-state index in [-0.39, 0.29) is 5.54 Å². The van der Waals surface area contributed by atoms with Crippen LogP contribution in [0.4, 0.5) is 0 Å². The summed E-state index contributed by atoms with van der Waals surface area (Å²) in [6, 6.07) is 0.343. The summed E-state index contributed by atoms with van der Waals surface area (Å²) in [6.45, 7) is 4.52. The first-order chi connectivity index (χ1) is 8.21. The molecule has 1 aliphatic carbocycles. The van der Waals surface area contributed by atoms with Crippen LogP contribution >= 0.6 is 0 Å². The summed E-state index contributed by atoms with van der Waals surface area (Å²) in [7, 11) is 0. The molecular formula is C13H22N2O2. The van der Waals surface area contributed by atoms with Gasteiger partial charge in [-0.25, -0.2) is 0 Å². The van der Waals surface area contributed by atoms with Gasteiger partial charge in [0.25, 0.3) is 0 Å². The minimum absolute atomic E-state index is 0.301. The molecule has 2 saturated heterocycles. The number of carbonyl (C=O) groups is 1. The molecule has 0 aromatic heterocycles. The highest BCUT2D eigenvalue weighted by molar-refractivity contribution is 5.86. The molecule has 17 heavy (non-hydrogen) atoms. The van der Waals surface area contributed by atoms with Crippen LogP contribution in [-0.2, 0) is 9.53 Å². The topological polar surface area (TPSA) is 41.6 Å². The number of nitrogens with zero attached hydrogens (tertiary/aromatic N) is 1. The average Bonchev–Trinajstić information content (AvgIpc) is 2.96. The molecule has 3 atom stereocenters. The highest BCUT2D eigenvalue weighted by Gasteiger charge is 2.45. The van der Waals surface area contributed by atoms with Crippen molar-refractivity contribution < 1.29 is 9.53 Å². The molecule has 3 fully saturated rings. The molecule has 0 aromatic rings. The van der Waals surface area contributed by atoms with Gasteiger partial charge in [-0.1, -0.05) is 0 Å². The summed E-state index contributed by atoms with van der Waals surface area (Å²) in [5, 5.41) is 3.38. The van der Waals surface area contributed by atoms with Crippen molar-refractivity contribution in [1.29, 1.82) is 0 Å². The fourth-order valence-corrected chi connectivity index (χ4v) is 3.57. The Morgan fingerprint density at radius 1 is 1.41 bits per heavy atom. The van der Waals surface area contributed by atoms with Crippen molar-refractivity contribution in [1.82, 2.24) is 10.2 Å². The molecule has 2 aliphatic heterocycles. The Kier molecular flexibility index (Phi) is 2.87. The third-order valence-corrected chi connectivity index (χ3v) is 4.58. The van der Waals surface area contributed by atoms with E-state index in [0.29, 0.717) is 24.7 Å². The molecule has 1 amide bonds. The SMILES string of the molecule is CC1(C(=O)N2CCOC3CCCC32)CCCN1. The van der Waals surface area contributed by atoms with Crippen molar-refractivity contribution in [2.45, 2.75) is 56.7 Å². The van der Waals surface area contributed by atoms with E-state index in [1.807, 2.05) is 0 Å². The van der Waals surface area contributed by atoms with Gasteiger partial charge in [0.1, 0.15) is 0 Å². The Labute approximate surface area is 103 Å². The number of carbonyl (C=O) groups excluding carboxylic acids is 1. The van der Waals surface area contributed by atoms with Crippen LogP contribution in [0.15, 0.2) is 0 Å². The van der Waals surface area contributed by atoms with Crippen molar-refractivity contribution in [2.24, 2.45) is 0 Å². The van der Waals surface area contributed by atoms with Crippen LogP contribution in [0.25, 0.3) is 0 Å². The maximum atomic E-state index is 12.7. The van der Waals surface area contributed by atoms with Gasteiger partial charge in [0, 0.05) is 6.54 Å². The van der Waals surface area contributed by atoms with E-state index in [2.05, 4.69) is 17.1 Å². The average molecular weight is 238 g/mol. The second-order valence-corrected chi connectivity index (χ2v) is 5.77. The molecule has 0 spiro atoms. The van der Waals surface area contributed by atoms with Gasteiger partial charge >= 0.3 is 0 Å². The van der Waals surface area contributed by atoms with Crippen LogP contribution in [0.2, 0.25) is 0 Å². The molecule has 0 bridgehead atoms. The first kappa shape index (κ1) is 11.5. The van der Waals surface area contributed by atoms with E-state index in [1.54, 1.807) is 0 Å². The van der Waals surface area contributed by atoms with Crippen LogP contribution in [-0.4, -0.2) is 48.2 Å². The number of amides is 1. The van der Waals surface area contributed by atoms with Crippen molar-refractivity contribution in [3.8, 4) is 0 Å². The molecule has 3 unspecified atom stereocenters. The Bertz CT molecular complexity index is 313. The van der Waals surface area contributed by atoms with Crippen LogP contribution in [0.3, 0.4) is 0 Å². The van der Waals surface area contributed by atoms with E-state index in [4.69, 9.17) is 4.74 Å². The van der Waals surface area contributed by atoms with E-state index >= 15 is 0 Å². The number of fused-ring (bicyclic) bond motifs is 1. The largest absolute Gasteiger partial charge is 0.374 e. The van der Waals surface area contributed by atoms with Gasteiger partial charge in [0.2, 0.25) is 5.91 Å². The monoisotopic (exact) mass is 238 g/mol. The van der Waals surface area contributed by atoms with Crippen molar-refractivity contribution in [3.63, 3.8) is 0 Å². The third kappa shape index (κ3) is 1.87. The number of ether oxygens (including phenoxy) is 1. The van der Waals surface area contributed by atoms with E-state index in [9.17, 15) is 4.79 Å². The normalized spacial score (nSPS) is 41.6. The first-order valence-electron chi connectivity index (χ1n) is 6.88. The van der Waals surface area contributed by atoms with Crippen molar-refractivity contribution >= 4 is 5.91 Å². The number of hydrogen-bond acceptors (Lipinski definition) is 3. The van der Waals surface area contributed by atoms with Gasteiger partial charge in [-0.3, -0.25) is 4.79 Å². The quantitative estimate of drug-likeness (QED) is 0.738. The summed E-state index contributed by atoms with van der Waals surface area (Å²) >= 11 is 0. The van der Waals surface area contributed by atoms with Crippen LogP contribution < -0.4 is 5.32 Å². The van der Waals surface area contributed by atoms with Gasteiger partial charge in [-0.15, -0.1) is 0 Å². The molecule has 1 saturated carbocycles. The lowest BCUT2D eigenvalue weighted by atomic mass is 9.96. The zero-order valence-corrected chi connectivity index (χ0v) is 10.6. The van der Waals surface area contributed by atoms with E-state index in [0.717, 1.165) is 38.8 Å². The Morgan fingerprint density at radius 3 is 3.06 bits per heavy atom. The minimum atomic E-state index is -0.315. The van der Waals surface area contributed by atoms with Crippen LogP contribution in [0.1, 0.15) is 39.0 Å². The fraction of sp³-hybridized carbons (Fsp3) is 0.923. The summed E-state index contributed by atoms with van der Waals surface area (Å²) in [5.74, 6) is 0.301. The summed E-state index contributed by atoms with van der Waals surface area (Å²) in [6.07, 6.45) is 5.83. The molecule has 3 rings (SSSR count). The Hall–Kier alpha value is -0.610. The third-order valence-electron chi connectivity index (χ3n) is 4.58. The summed E-state index contributed by atoms with van der Waals surface area (Å²) in [4.78, 5) is 14.8. The van der Waals surface area contributed by atoms with Gasteiger partial charge in [0.05, 0.1) is 24.3 Å².